The van der Waals surface area contributed by atoms with E-state index in [-0.39, 0.29) is 0 Å². The van der Waals surface area contributed by atoms with Crippen molar-refractivity contribution in [1.82, 2.24) is 0 Å². The van der Waals surface area contributed by atoms with Crippen LogP contribution in [0.25, 0.3) is 98.4 Å². The van der Waals surface area contributed by atoms with Gasteiger partial charge in [0.05, 0.1) is 0 Å². The molecule has 48 heavy (non-hydrogen) atoms. The molecular weight excluding hydrogens is 577 g/mol. The van der Waals surface area contributed by atoms with Crippen LogP contribution in [0.4, 0.5) is 0 Å². The van der Waals surface area contributed by atoms with Gasteiger partial charge in [0.15, 0.2) is 0 Å². The molecule has 0 aromatic heterocycles. The van der Waals surface area contributed by atoms with Crippen LogP contribution in [0.15, 0.2) is 182 Å². The zero-order valence-electron chi connectivity index (χ0n) is 26.3. The summed E-state index contributed by atoms with van der Waals surface area (Å²) in [5, 5.41) is 13.0. The molecule has 0 heterocycles. The maximum absolute atomic E-state index is 2.32. The average molecular weight is 607 g/mol. The minimum atomic E-state index is 1.23. The second-order valence-electron chi connectivity index (χ2n) is 12.8. The molecule has 0 aliphatic rings. The monoisotopic (exact) mass is 606 g/mol. The quantitative estimate of drug-likeness (QED) is 0.138. The van der Waals surface area contributed by atoms with Gasteiger partial charge in [-0.3, -0.25) is 0 Å². The van der Waals surface area contributed by atoms with Crippen molar-refractivity contribution in [1.29, 1.82) is 0 Å². The van der Waals surface area contributed by atoms with Crippen molar-refractivity contribution in [3.05, 3.63) is 182 Å². The number of benzene rings is 10. The highest BCUT2D eigenvalue weighted by Crippen LogP contribution is 2.46. The molecule has 0 unspecified atom stereocenters. The summed E-state index contributed by atoms with van der Waals surface area (Å²) in [6.45, 7) is 0. The molecule has 0 amide bonds. The Balaban J connectivity index is 1.18. The van der Waals surface area contributed by atoms with Crippen LogP contribution >= 0.6 is 0 Å². The largest absolute Gasteiger partial charge is 0.0622 e. The van der Waals surface area contributed by atoms with Gasteiger partial charge in [0.2, 0.25) is 0 Å². The van der Waals surface area contributed by atoms with E-state index in [4.69, 9.17) is 0 Å². The lowest BCUT2D eigenvalue weighted by atomic mass is 9.83. The van der Waals surface area contributed by atoms with Gasteiger partial charge in [-0.2, -0.15) is 0 Å². The minimum Gasteiger partial charge on any atom is -0.0622 e. The summed E-state index contributed by atoms with van der Waals surface area (Å²) in [4.78, 5) is 0. The molecule has 10 rings (SSSR count). The van der Waals surface area contributed by atoms with Crippen molar-refractivity contribution in [3.8, 4) is 44.5 Å². The van der Waals surface area contributed by atoms with Crippen LogP contribution in [-0.4, -0.2) is 0 Å². The lowest BCUT2D eigenvalue weighted by molar-refractivity contribution is 1.60. The second kappa shape index (κ2) is 10.7. The molecule has 0 radical (unpaired) electrons. The first-order valence-electron chi connectivity index (χ1n) is 16.7. The predicted molar refractivity (Wildman–Crippen MR) is 207 cm³/mol. The van der Waals surface area contributed by atoms with Crippen LogP contribution < -0.4 is 0 Å². The Hall–Kier alpha value is -6.24. The molecule has 0 spiro atoms. The van der Waals surface area contributed by atoms with Gasteiger partial charge in [-0.25, -0.2) is 0 Å². The molecule has 0 N–H and O–H groups in total. The molecule has 0 saturated carbocycles. The van der Waals surface area contributed by atoms with Gasteiger partial charge in [-0.1, -0.05) is 182 Å². The van der Waals surface area contributed by atoms with Crippen LogP contribution in [0, 0.1) is 0 Å². The van der Waals surface area contributed by atoms with Gasteiger partial charge in [0.1, 0.15) is 0 Å². The maximum Gasteiger partial charge on any atom is -0.00201 e. The molecular formula is C48H30. The van der Waals surface area contributed by atoms with Crippen LogP contribution in [-0.2, 0) is 0 Å². The molecule has 0 aliphatic heterocycles. The fourth-order valence-electron chi connectivity index (χ4n) is 8.10. The van der Waals surface area contributed by atoms with Gasteiger partial charge < -0.3 is 0 Å². The topological polar surface area (TPSA) is 0 Å². The van der Waals surface area contributed by atoms with E-state index in [0.717, 1.165) is 0 Å². The molecule has 222 valence electrons. The first-order chi connectivity index (χ1) is 23.8. The van der Waals surface area contributed by atoms with Crippen molar-refractivity contribution in [2.75, 3.05) is 0 Å². The summed E-state index contributed by atoms with van der Waals surface area (Å²) >= 11 is 0. The molecule has 0 saturated heterocycles. The van der Waals surface area contributed by atoms with Crippen LogP contribution in [0.2, 0.25) is 0 Å². The summed E-state index contributed by atoms with van der Waals surface area (Å²) in [6.07, 6.45) is 0. The van der Waals surface area contributed by atoms with Gasteiger partial charge >= 0.3 is 0 Å². The first kappa shape index (κ1) is 26.9. The van der Waals surface area contributed by atoms with Crippen molar-refractivity contribution < 1.29 is 0 Å². The van der Waals surface area contributed by atoms with E-state index in [0.29, 0.717) is 0 Å². The minimum absolute atomic E-state index is 1.23. The molecule has 0 atom stereocenters. The standard InChI is InChI=1S/C48H30/c1-2-11-31(12-3-1)37-15-4-5-16-39(37)48-42-19-8-6-17-40(42)46(41-18-7-9-20-43(41)48)35-23-21-32(22-24-35)38-29-27-36-26-25-33-13-10-14-34-28-30-44(38)47(36)45(33)34/h1-30H. The fraction of sp³-hybridized carbons (Fsp3) is 0. The Bertz CT molecular complexity index is 2730. The molecule has 10 aromatic carbocycles. The van der Waals surface area contributed by atoms with Crippen molar-refractivity contribution in [2.45, 2.75) is 0 Å². The molecule has 0 nitrogen and oxygen atoms in total. The maximum atomic E-state index is 2.32. The average Bonchev–Trinajstić information content (AvgIpc) is 3.16. The van der Waals surface area contributed by atoms with E-state index in [1.807, 2.05) is 0 Å². The SMILES string of the molecule is c1ccc(-c2ccccc2-c2c3ccccc3c(-c3ccc(-c4ccc5ccc6cccc7ccc4c5c67)cc3)c3ccccc23)cc1. The number of hydrogen-bond acceptors (Lipinski definition) is 0. The first-order valence-corrected chi connectivity index (χ1v) is 16.7. The Kier molecular flexibility index (Phi) is 5.98. The van der Waals surface area contributed by atoms with E-state index < -0.39 is 0 Å². The highest BCUT2D eigenvalue weighted by molar-refractivity contribution is 6.26. The van der Waals surface area contributed by atoms with Gasteiger partial charge in [0, 0.05) is 0 Å². The lowest BCUT2D eigenvalue weighted by Crippen LogP contribution is -1.92. The van der Waals surface area contributed by atoms with Gasteiger partial charge in [-0.15, -0.1) is 0 Å². The Morgan fingerprint density at radius 2 is 0.688 bits per heavy atom. The molecule has 0 heteroatoms. The fourth-order valence-corrected chi connectivity index (χ4v) is 8.10. The van der Waals surface area contributed by atoms with Crippen LogP contribution in [0.1, 0.15) is 0 Å². The Morgan fingerprint density at radius 1 is 0.208 bits per heavy atom. The molecule has 0 aliphatic carbocycles. The highest BCUT2D eigenvalue weighted by Gasteiger charge is 2.19. The zero-order chi connectivity index (χ0) is 31.6. The summed E-state index contributed by atoms with van der Waals surface area (Å²) < 4.78 is 0. The summed E-state index contributed by atoms with van der Waals surface area (Å²) in [6, 6.07) is 67.0. The van der Waals surface area contributed by atoms with E-state index in [1.165, 1.54) is 98.4 Å². The third-order valence-electron chi connectivity index (χ3n) is 10.2. The van der Waals surface area contributed by atoms with E-state index in [2.05, 4.69) is 182 Å². The number of rotatable bonds is 4. The third-order valence-corrected chi connectivity index (χ3v) is 10.2. The summed E-state index contributed by atoms with van der Waals surface area (Å²) in [5.74, 6) is 0. The van der Waals surface area contributed by atoms with Crippen molar-refractivity contribution in [2.24, 2.45) is 0 Å². The van der Waals surface area contributed by atoms with Crippen LogP contribution in [0.3, 0.4) is 0 Å². The third kappa shape index (κ3) is 4.03. The molecule has 0 fully saturated rings. The Labute approximate surface area is 279 Å². The van der Waals surface area contributed by atoms with E-state index in [1.54, 1.807) is 0 Å². The molecule has 10 aromatic rings. The molecule has 0 bridgehead atoms. The van der Waals surface area contributed by atoms with Gasteiger partial charge in [0.25, 0.3) is 0 Å². The second-order valence-corrected chi connectivity index (χ2v) is 12.8. The zero-order valence-corrected chi connectivity index (χ0v) is 26.3. The number of hydrogen-bond donors (Lipinski definition) is 0. The van der Waals surface area contributed by atoms with Gasteiger partial charge in [-0.05, 0) is 98.4 Å². The van der Waals surface area contributed by atoms with Crippen molar-refractivity contribution >= 4 is 53.9 Å². The van der Waals surface area contributed by atoms with Crippen molar-refractivity contribution in [3.63, 3.8) is 0 Å². The van der Waals surface area contributed by atoms with E-state index in [9.17, 15) is 0 Å². The van der Waals surface area contributed by atoms with Crippen LogP contribution in [0.5, 0.6) is 0 Å². The number of fused-ring (bicyclic) bond motifs is 2. The summed E-state index contributed by atoms with van der Waals surface area (Å²) in [7, 11) is 0. The Morgan fingerprint density at radius 3 is 1.35 bits per heavy atom. The predicted octanol–water partition coefficient (Wildman–Crippen LogP) is 13.6. The highest BCUT2D eigenvalue weighted by atomic mass is 14.2. The summed E-state index contributed by atoms with van der Waals surface area (Å²) in [5.41, 5.74) is 10.0. The van der Waals surface area contributed by atoms with E-state index >= 15 is 0 Å². The lowest BCUT2D eigenvalue weighted by Gasteiger charge is -2.20. The smallest absolute Gasteiger partial charge is 0.00201 e. The normalized spacial score (nSPS) is 11.8.